The van der Waals surface area contributed by atoms with E-state index in [0.717, 1.165) is 21.8 Å². The van der Waals surface area contributed by atoms with Crippen LogP contribution in [-0.4, -0.2) is 34.5 Å². The third kappa shape index (κ3) is 9.63. The first-order chi connectivity index (χ1) is 6.40. The summed E-state index contributed by atoms with van der Waals surface area (Å²) in [5.74, 6) is 9.60. The van der Waals surface area contributed by atoms with Crippen molar-refractivity contribution >= 4 is 29.6 Å². The van der Waals surface area contributed by atoms with Crippen molar-refractivity contribution in [2.75, 3.05) is 34.5 Å². The van der Waals surface area contributed by atoms with E-state index in [1.807, 2.05) is 0 Å². The van der Waals surface area contributed by atoms with E-state index in [0.29, 0.717) is 0 Å². The van der Waals surface area contributed by atoms with Gasteiger partial charge < -0.3 is 0 Å². The molecule has 0 amide bonds. The number of halogens is 6. The van der Waals surface area contributed by atoms with Crippen LogP contribution >= 0.6 is 7.81 Å². The third-order valence-electron chi connectivity index (χ3n) is 1.98. The minimum atomic E-state index is -10.7. The Morgan fingerprint density at radius 3 is 0.733 bits per heavy atom. The Hall–Kier alpha value is 0.710. The molecule has 0 aromatic rings. The molecular formula is C6H12F6PS2+. The van der Waals surface area contributed by atoms with Crippen LogP contribution < -0.4 is 0 Å². The second kappa shape index (κ2) is 3.60. The molecule has 0 N–H and O–H groups in total. The molecule has 0 saturated carbocycles. The van der Waals surface area contributed by atoms with Gasteiger partial charge in [-0.15, -0.1) is 0 Å². The second-order valence-electron chi connectivity index (χ2n) is 3.41. The van der Waals surface area contributed by atoms with Gasteiger partial charge in [-0.3, -0.25) is 0 Å². The summed E-state index contributed by atoms with van der Waals surface area (Å²) < 4.78 is 59.2. The molecule has 0 aliphatic carbocycles. The van der Waals surface area contributed by atoms with Crippen molar-refractivity contribution < 1.29 is 25.2 Å². The molecular weight excluding hydrogens is 281 g/mol. The quantitative estimate of drug-likeness (QED) is 0.363. The first-order valence-corrected chi connectivity index (χ1v) is 9.74. The average Bonchev–Trinajstić information content (AvgIpc) is 2.02. The molecule has 3 aliphatic rings. The molecule has 3 fully saturated rings. The van der Waals surface area contributed by atoms with Crippen LogP contribution in [0, 0.1) is 0 Å². The summed E-state index contributed by atoms with van der Waals surface area (Å²) in [6.07, 6.45) is 0. The molecule has 3 heterocycles. The Balaban J connectivity index is 0.000000153. The van der Waals surface area contributed by atoms with Crippen LogP contribution in [0.4, 0.5) is 25.2 Å². The summed E-state index contributed by atoms with van der Waals surface area (Å²) in [5, 5.41) is 0. The third-order valence-corrected chi connectivity index (χ3v) is 7.45. The number of fused-ring (bicyclic) bond motifs is 3. The first-order valence-electron chi connectivity index (χ1n) is 4.25. The van der Waals surface area contributed by atoms with Crippen LogP contribution in [0.2, 0.25) is 0 Å². The molecule has 0 spiro atoms. The van der Waals surface area contributed by atoms with E-state index in [1.54, 1.807) is 34.5 Å². The predicted octanol–water partition coefficient (Wildman–Crippen LogP) is 3.63. The molecule has 0 unspecified atom stereocenters. The van der Waals surface area contributed by atoms with Crippen molar-refractivity contribution in [3.63, 3.8) is 0 Å². The van der Waals surface area contributed by atoms with Crippen molar-refractivity contribution in [1.29, 1.82) is 0 Å². The van der Waals surface area contributed by atoms with Gasteiger partial charge in [0.15, 0.2) is 34.5 Å². The first kappa shape index (κ1) is 13.8. The van der Waals surface area contributed by atoms with E-state index in [9.17, 15) is 25.2 Å². The van der Waals surface area contributed by atoms with E-state index < -0.39 is 7.81 Å². The Bertz CT molecular complexity index is 193. The van der Waals surface area contributed by atoms with Crippen molar-refractivity contribution in [2.45, 2.75) is 0 Å². The monoisotopic (exact) mass is 293 g/mol. The molecule has 3 rings (SSSR count). The van der Waals surface area contributed by atoms with Gasteiger partial charge in [-0.25, -0.2) is 0 Å². The summed E-state index contributed by atoms with van der Waals surface area (Å²) in [6.45, 7) is 0. The number of hydrogen-bond donors (Lipinski definition) is 0. The van der Waals surface area contributed by atoms with Crippen LogP contribution in [0.3, 0.4) is 0 Å². The van der Waals surface area contributed by atoms with E-state index in [1.165, 1.54) is 0 Å². The number of hydrogen-bond acceptors (Lipinski definition) is 0. The normalized spacial score (nSPS) is 34.8. The van der Waals surface area contributed by atoms with Crippen LogP contribution in [0.1, 0.15) is 0 Å². The van der Waals surface area contributed by atoms with E-state index in [2.05, 4.69) is 0 Å². The standard InChI is InChI=1S/C6H12S2.F6P/c1-2-8-5-3-7(1)4-6-8;1-7(2,3,4,5)6/h1-6H2;/q+2;-1. The fourth-order valence-corrected chi connectivity index (χ4v) is 8.20. The van der Waals surface area contributed by atoms with Crippen molar-refractivity contribution in [2.24, 2.45) is 0 Å². The summed E-state index contributed by atoms with van der Waals surface area (Å²) in [6, 6.07) is 0. The summed E-state index contributed by atoms with van der Waals surface area (Å²) >= 11 is 0. The van der Waals surface area contributed by atoms with Gasteiger partial charge in [0.25, 0.3) is 0 Å². The van der Waals surface area contributed by atoms with Crippen LogP contribution in [-0.2, 0) is 21.8 Å². The maximum atomic E-state index is 9.87. The van der Waals surface area contributed by atoms with Crippen LogP contribution in [0.5, 0.6) is 0 Å². The molecule has 0 atom stereocenters. The molecule has 0 radical (unpaired) electrons. The zero-order valence-corrected chi connectivity index (χ0v) is 10.3. The van der Waals surface area contributed by atoms with E-state index in [4.69, 9.17) is 0 Å². The minimum absolute atomic E-state index is 0.921. The molecule has 15 heavy (non-hydrogen) atoms. The molecule has 0 aromatic heterocycles. The molecule has 0 aromatic carbocycles. The Morgan fingerprint density at radius 1 is 0.533 bits per heavy atom. The summed E-state index contributed by atoms with van der Waals surface area (Å²) in [7, 11) is -8.81. The fourth-order valence-electron chi connectivity index (χ4n) is 1.32. The Morgan fingerprint density at radius 2 is 0.667 bits per heavy atom. The SMILES string of the molecule is C1C[S+]2CC[S+]1CC2.F[P-](F)(F)(F)(F)F. The molecule has 0 nitrogen and oxygen atoms in total. The summed E-state index contributed by atoms with van der Waals surface area (Å²) in [4.78, 5) is 0. The second-order valence-corrected chi connectivity index (χ2v) is 10.2. The average molecular weight is 293 g/mol. The van der Waals surface area contributed by atoms with Gasteiger partial charge in [0.05, 0.1) is 0 Å². The summed E-state index contributed by atoms with van der Waals surface area (Å²) in [5.41, 5.74) is 0. The molecule has 3 saturated heterocycles. The van der Waals surface area contributed by atoms with Crippen molar-refractivity contribution in [3.8, 4) is 0 Å². The van der Waals surface area contributed by atoms with E-state index in [-0.39, 0.29) is 0 Å². The molecule has 3 aliphatic heterocycles. The van der Waals surface area contributed by atoms with Gasteiger partial charge in [0, 0.05) is 21.8 Å². The van der Waals surface area contributed by atoms with Crippen LogP contribution in [0.15, 0.2) is 0 Å². The van der Waals surface area contributed by atoms with Gasteiger partial charge in [0.1, 0.15) is 0 Å². The zero-order valence-electron chi connectivity index (χ0n) is 7.77. The van der Waals surface area contributed by atoms with Crippen molar-refractivity contribution in [1.82, 2.24) is 0 Å². The molecule has 94 valence electrons. The van der Waals surface area contributed by atoms with Gasteiger partial charge in [-0.2, -0.15) is 0 Å². The van der Waals surface area contributed by atoms with E-state index >= 15 is 0 Å². The van der Waals surface area contributed by atoms with Crippen molar-refractivity contribution in [3.05, 3.63) is 0 Å². The fraction of sp³-hybridized carbons (Fsp3) is 1.00. The van der Waals surface area contributed by atoms with Gasteiger partial charge in [-0.05, 0) is 0 Å². The Kier molecular flexibility index (Phi) is 3.31. The van der Waals surface area contributed by atoms with Gasteiger partial charge in [0.2, 0.25) is 0 Å². The van der Waals surface area contributed by atoms with Crippen LogP contribution in [0.25, 0.3) is 0 Å². The maximum absolute atomic E-state index is 10.7. The topological polar surface area (TPSA) is 0 Å². The predicted molar refractivity (Wildman–Crippen MR) is 57.5 cm³/mol. The van der Waals surface area contributed by atoms with Gasteiger partial charge in [-0.1, -0.05) is 0 Å². The number of rotatable bonds is 0. The molecule has 2 bridgehead atoms. The molecule has 9 heteroatoms. The zero-order chi connectivity index (χ0) is 11.8. The van der Waals surface area contributed by atoms with Gasteiger partial charge >= 0.3 is 33.0 Å². The Labute approximate surface area is 89.7 Å².